The highest BCUT2D eigenvalue weighted by atomic mass is 16.3. The van der Waals surface area contributed by atoms with Gasteiger partial charge in [-0.05, 0) is 93.4 Å². The van der Waals surface area contributed by atoms with Gasteiger partial charge in [0.2, 0.25) is 0 Å². The van der Waals surface area contributed by atoms with Crippen LogP contribution >= 0.6 is 0 Å². The van der Waals surface area contributed by atoms with Crippen LogP contribution < -0.4 is 4.90 Å². The first kappa shape index (κ1) is 30.2. The van der Waals surface area contributed by atoms with Crippen LogP contribution in [0.2, 0.25) is 0 Å². The molecule has 0 fully saturated rings. The van der Waals surface area contributed by atoms with Gasteiger partial charge in [0.25, 0.3) is 0 Å². The molecule has 2 heteroatoms. The van der Waals surface area contributed by atoms with Crippen LogP contribution in [0.4, 0.5) is 17.1 Å². The zero-order chi connectivity index (χ0) is 34.6. The van der Waals surface area contributed by atoms with E-state index in [9.17, 15) is 0 Å². The van der Waals surface area contributed by atoms with E-state index in [-0.39, 0.29) is 5.41 Å². The van der Waals surface area contributed by atoms with E-state index in [2.05, 4.69) is 206 Å². The third kappa shape index (κ3) is 4.65. The van der Waals surface area contributed by atoms with Crippen molar-refractivity contribution >= 4 is 39.0 Å². The average molecular weight is 666 g/mol. The van der Waals surface area contributed by atoms with Crippen molar-refractivity contribution in [3.05, 3.63) is 211 Å². The van der Waals surface area contributed by atoms with Crippen molar-refractivity contribution in [3.8, 4) is 33.4 Å². The van der Waals surface area contributed by atoms with E-state index < -0.39 is 0 Å². The summed E-state index contributed by atoms with van der Waals surface area (Å²) in [6, 6.07) is 69.7. The lowest BCUT2D eigenvalue weighted by molar-refractivity contribution is 0.666. The molecule has 1 aromatic heterocycles. The summed E-state index contributed by atoms with van der Waals surface area (Å²) in [4.78, 5) is 2.34. The van der Waals surface area contributed by atoms with E-state index in [1.54, 1.807) is 0 Å². The number of fused-ring (bicyclic) bond motifs is 6. The lowest BCUT2D eigenvalue weighted by atomic mass is 9.73. The Labute approximate surface area is 303 Å². The van der Waals surface area contributed by atoms with Crippen LogP contribution in [-0.4, -0.2) is 0 Å². The first-order chi connectivity index (χ1) is 25.7. The van der Waals surface area contributed by atoms with E-state index in [0.29, 0.717) is 0 Å². The van der Waals surface area contributed by atoms with Crippen molar-refractivity contribution in [1.29, 1.82) is 0 Å². The largest absolute Gasteiger partial charge is 0.454 e. The Morgan fingerprint density at radius 3 is 1.65 bits per heavy atom. The van der Waals surface area contributed by atoms with Gasteiger partial charge in [-0.3, -0.25) is 0 Å². The smallest absolute Gasteiger partial charge is 0.159 e. The second-order valence-corrected chi connectivity index (χ2v) is 13.8. The molecule has 1 aliphatic carbocycles. The van der Waals surface area contributed by atoms with Gasteiger partial charge in [-0.15, -0.1) is 0 Å². The van der Waals surface area contributed by atoms with Crippen LogP contribution in [0.5, 0.6) is 0 Å². The zero-order valence-corrected chi connectivity index (χ0v) is 28.8. The Morgan fingerprint density at radius 2 is 0.962 bits per heavy atom. The molecule has 1 heterocycles. The zero-order valence-electron chi connectivity index (χ0n) is 28.8. The van der Waals surface area contributed by atoms with Crippen molar-refractivity contribution in [2.75, 3.05) is 4.90 Å². The lowest BCUT2D eigenvalue weighted by Crippen LogP contribution is -2.22. The highest BCUT2D eigenvalue weighted by molar-refractivity contribution is 6.12. The summed E-state index contributed by atoms with van der Waals surface area (Å²) in [6.45, 7) is 2.38. The average Bonchev–Trinajstić information content (AvgIpc) is 3.73. The van der Waals surface area contributed by atoms with Gasteiger partial charge in [-0.1, -0.05) is 158 Å². The van der Waals surface area contributed by atoms with Crippen molar-refractivity contribution in [1.82, 2.24) is 0 Å². The second kappa shape index (κ2) is 12.0. The second-order valence-electron chi connectivity index (χ2n) is 13.8. The fraction of sp³-hybridized carbons (Fsp3) is 0.0400. The molecule has 246 valence electrons. The Hall–Kier alpha value is -6.64. The molecule has 0 atom stereocenters. The molecule has 0 aliphatic heterocycles. The van der Waals surface area contributed by atoms with Gasteiger partial charge >= 0.3 is 0 Å². The minimum Gasteiger partial charge on any atom is -0.454 e. The summed E-state index contributed by atoms with van der Waals surface area (Å²) in [7, 11) is 0. The number of hydrogen-bond donors (Lipinski definition) is 0. The van der Waals surface area contributed by atoms with E-state index in [1.807, 2.05) is 0 Å². The SMILES string of the molecule is CC1(c2cccc3oc4c(N(c5ccc(-c6ccccc6)cc5)c5cccc(-c6ccccc6)c5)cccc4c23)c2ccccc2-c2ccccc21. The Kier molecular flexibility index (Phi) is 6.97. The number of benzene rings is 8. The first-order valence-corrected chi connectivity index (χ1v) is 17.9. The lowest BCUT2D eigenvalue weighted by Gasteiger charge is -2.29. The van der Waals surface area contributed by atoms with Crippen LogP contribution in [0.15, 0.2) is 199 Å². The predicted molar refractivity (Wildman–Crippen MR) is 217 cm³/mol. The van der Waals surface area contributed by atoms with Gasteiger partial charge in [0.1, 0.15) is 5.58 Å². The van der Waals surface area contributed by atoms with E-state index in [4.69, 9.17) is 4.42 Å². The van der Waals surface area contributed by atoms with E-state index in [0.717, 1.165) is 44.6 Å². The highest BCUT2D eigenvalue weighted by Gasteiger charge is 2.42. The minimum absolute atomic E-state index is 0.351. The molecule has 8 aromatic carbocycles. The summed E-state index contributed by atoms with van der Waals surface area (Å²) in [5, 5.41) is 2.27. The molecule has 10 rings (SSSR count). The molecule has 0 bridgehead atoms. The monoisotopic (exact) mass is 665 g/mol. The van der Waals surface area contributed by atoms with Crippen molar-refractivity contribution in [2.24, 2.45) is 0 Å². The number of hydrogen-bond acceptors (Lipinski definition) is 2. The van der Waals surface area contributed by atoms with Gasteiger partial charge in [-0.2, -0.15) is 0 Å². The van der Waals surface area contributed by atoms with Gasteiger partial charge in [0, 0.05) is 27.6 Å². The van der Waals surface area contributed by atoms with Gasteiger partial charge in [-0.25, -0.2) is 0 Å². The summed E-state index contributed by atoms with van der Waals surface area (Å²) >= 11 is 0. The number of nitrogens with zero attached hydrogens (tertiary/aromatic N) is 1. The van der Waals surface area contributed by atoms with Crippen LogP contribution in [0.3, 0.4) is 0 Å². The summed E-state index contributed by atoms with van der Waals surface area (Å²) < 4.78 is 6.99. The van der Waals surface area contributed by atoms with Crippen LogP contribution in [0.25, 0.3) is 55.3 Å². The molecule has 0 unspecified atom stereocenters. The summed E-state index contributed by atoms with van der Waals surface area (Å²) in [6.07, 6.45) is 0. The molecule has 0 saturated heterocycles. The number of anilines is 3. The van der Waals surface area contributed by atoms with Crippen LogP contribution in [0, 0.1) is 0 Å². The van der Waals surface area contributed by atoms with Gasteiger partial charge in [0.15, 0.2) is 5.58 Å². The van der Waals surface area contributed by atoms with Crippen molar-refractivity contribution in [2.45, 2.75) is 12.3 Å². The van der Waals surface area contributed by atoms with Crippen LogP contribution in [-0.2, 0) is 5.41 Å². The maximum absolute atomic E-state index is 6.99. The molecule has 0 N–H and O–H groups in total. The number of para-hydroxylation sites is 1. The molecule has 2 nitrogen and oxygen atoms in total. The topological polar surface area (TPSA) is 16.4 Å². The third-order valence-electron chi connectivity index (χ3n) is 10.9. The molecular weight excluding hydrogens is 631 g/mol. The fourth-order valence-electron chi connectivity index (χ4n) is 8.48. The molecule has 1 aliphatic rings. The molecular formula is C50H35NO. The number of rotatable bonds is 6. The van der Waals surface area contributed by atoms with Crippen LogP contribution in [0.1, 0.15) is 23.6 Å². The van der Waals surface area contributed by atoms with Gasteiger partial charge in [0.05, 0.1) is 5.69 Å². The highest BCUT2D eigenvalue weighted by Crippen LogP contribution is 2.55. The molecule has 0 amide bonds. The summed E-state index contributed by atoms with van der Waals surface area (Å²) in [5.41, 5.74) is 15.7. The maximum Gasteiger partial charge on any atom is 0.159 e. The van der Waals surface area contributed by atoms with E-state index >= 15 is 0 Å². The van der Waals surface area contributed by atoms with Gasteiger partial charge < -0.3 is 9.32 Å². The molecule has 0 spiro atoms. The Morgan fingerprint density at radius 1 is 0.423 bits per heavy atom. The molecule has 52 heavy (non-hydrogen) atoms. The van der Waals surface area contributed by atoms with Crippen molar-refractivity contribution < 1.29 is 4.42 Å². The Bertz CT molecular complexity index is 2700. The Balaban J connectivity index is 1.20. The number of furan rings is 1. The summed E-state index contributed by atoms with van der Waals surface area (Å²) in [5.74, 6) is 0. The standard InChI is InChI=1S/C50H35NO/c1-50(43-24-10-8-21-40(43)41-22-9-11-25-44(41)50)45-26-14-28-47-48(45)42-23-13-27-46(49(42)52-47)51(38-31-29-36(30-32-38)34-15-4-2-5-16-34)39-20-12-19-37(33-39)35-17-6-3-7-18-35/h2-33H,1H3. The quantitative estimate of drug-likeness (QED) is 0.176. The fourth-order valence-corrected chi connectivity index (χ4v) is 8.48. The predicted octanol–water partition coefficient (Wildman–Crippen LogP) is 13.7. The first-order valence-electron chi connectivity index (χ1n) is 17.9. The third-order valence-corrected chi connectivity index (χ3v) is 10.9. The van der Waals surface area contributed by atoms with E-state index in [1.165, 1.54) is 44.5 Å². The normalized spacial score (nSPS) is 12.9. The molecule has 0 radical (unpaired) electrons. The maximum atomic E-state index is 6.99. The molecule has 0 saturated carbocycles. The van der Waals surface area contributed by atoms with Crippen molar-refractivity contribution in [3.63, 3.8) is 0 Å². The minimum atomic E-state index is -0.351. The molecule has 9 aromatic rings.